The standard InChI is InChI=1S/C10H7F3O/c11-10(12,13)7-6-9(14)8-4-2-1-3-5-8/h1-5,9,14H. The average molecular weight is 200 g/mol. The van der Waals surface area contributed by atoms with Crippen LogP contribution in [0.4, 0.5) is 13.2 Å². The topological polar surface area (TPSA) is 20.2 Å². The lowest BCUT2D eigenvalue weighted by molar-refractivity contribution is -0.0700. The molecule has 1 aromatic rings. The number of aliphatic hydroxyl groups excluding tert-OH is 1. The molecule has 0 saturated carbocycles. The highest BCUT2D eigenvalue weighted by Crippen LogP contribution is 2.15. The molecule has 0 fully saturated rings. The maximum Gasteiger partial charge on any atom is 0.457 e. The van der Waals surface area contributed by atoms with Crippen molar-refractivity contribution in [3.8, 4) is 11.8 Å². The van der Waals surface area contributed by atoms with Crippen molar-refractivity contribution < 1.29 is 18.3 Å². The molecule has 0 bridgehead atoms. The minimum Gasteiger partial charge on any atom is -0.376 e. The van der Waals surface area contributed by atoms with Gasteiger partial charge in [-0.25, -0.2) is 0 Å². The summed E-state index contributed by atoms with van der Waals surface area (Å²) in [5, 5.41) is 9.21. The van der Waals surface area contributed by atoms with Crippen LogP contribution in [0.25, 0.3) is 0 Å². The van der Waals surface area contributed by atoms with E-state index in [9.17, 15) is 18.3 Å². The molecule has 1 rings (SSSR count). The number of rotatable bonds is 1. The Balaban J connectivity index is 2.76. The van der Waals surface area contributed by atoms with Crippen molar-refractivity contribution in [2.75, 3.05) is 0 Å². The number of hydrogen-bond acceptors (Lipinski definition) is 1. The molecular weight excluding hydrogens is 193 g/mol. The van der Waals surface area contributed by atoms with Crippen LogP contribution in [0.15, 0.2) is 30.3 Å². The predicted molar refractivity (Wildman–Crippen MR) is 45.2 cm³/mol. The van der Waals surface area contributed by atoms with Crippen molar-refractivity contribution in [1.29, 1.82) is 0 Å². The number of benzene rings is 1. The molecule has 0 aliphatic rings. The highest BCUT2D eigenvalue weighted by atomic mass is 19.4. The van der Waals surface area contributed by atoms with E-state index in [-0.39, 0.29) is 0 Å². The molecule has 1 unspecified atom stereocenters. The van der Waals surface area contributed by atoms with E-state index in [0.29, 0.717) is 5.56 Å². The quantitative estimate of drug-likeness (QED) is 0.689. The Hall–Kier alpha value is -1.47. The molecule has 0 aliphatic heterocycles. The fraction of sp³-hybridized carbons (Fsp3) is 0.200. The molecule has 0 aliphatic carbocycles. The fourth-order valence-corrected chi connectivity index (χ4v) is 0.869. The number of aliphatic hydroxyl groups is 1. The maximum atomic E-state index is 11.6. The van der Waals surface area contributed by atoms with Crippen molar-refractivity contribution in [3.05, 3.63) is 35.9 Å². The SMILES string of the molecule is OC(C#CC(F)(F)F)c1ccccc1. The van der Waals surface area contributed by atoms with E-state index < -0.39 is 12.3 Å². The van der Waals surface area contributed by atoms with E-state index in [2.05, 4.69) is 0 Å². The molecule has 74 valence electrons. The summed E-state index contributed by atoms with van der Waals surface area (Å²) in [6, 6.07) is 7.96. The normalized spacial score (nSPS) is 12.9. The van der Waals surface area contributed by atoms with Gasteiger partial charge >= 0.3 is 6.18 Å². The van der Waals surface area contributed by atoms with Gasteiger partial charge in [0.1, 0.15) is 6.10 Å². The third-order valence-electron chi connectivity index (χ3n) is 1.47. The first-order valence-corrected chi connectivity index (χ1v) is 3.81. The molecule has 0 radical (unpaired) electrons. The second-order valence-electron chi connectivity index (χ2n) is 2.58. The van der Waals surface area contributed by atoms with Crippen LogP contribution in [-0.2, 0) is 0 Å². The van der Waals surface area contributed by atoms with Gasteiger partial charge < -0.3 is 5.11 Å². The second kappa shape index (κ2) is 4.16. The van der Waals surface area contributed by atoms with Gasteiger partial charge in [0.15, 0.2) is 0 Å². The number of halogens is 3. The molecule has 1 aromatic carbocycles. The van der Waals surface area contributed by atoms with Crippen molar-refractivity contribution in [2.24, 2.45) is 0 Å². The largest absolute Gasteiger partial charge is 0.457 e. The number of hydrogen-bond donors (Lipinski definition) is 1. The van der Waals surface area contributed by atoms with Gasteiger partial charge in [-0.05, 0) is 5.56 Å². The molecule has 0 saturated heterocycles. The maximum absolute atomic E-state index is 11.6. The molecular formula is C10H7F3O. The van der Waals surface area contributed by atoms with Crippen molar-refractivity contribution in [2.45, 2.75) is 12.3 Å². The monoisotopic (exact) mass is 200 g/mol. The Bertz CT molecular complexity index is 345. The van der Waals surface area contributed by atoms with E-state index in [1.165, 1.54) is 12.1 Å². The zero-order valence-electron chi connectivity index (χ0n) is 7.05. The third-order valence-corrected chi connectivity index (χ3v) is 1.47. The lowest BCUT2D eigenvalue weighted by Crippen LogP contribution is -2.03. The van der Waals surface area contributed by atoms with E-state index in [1.807, 2.05) is 0 Å². The van der Waals surface area contributed by atoms with Crippen LogP contribution in [0, 0.1) is 11.8 Å². The van der Waals surface area contributed by atoms with Gasteiger partial charge in [0.25, 0.3) is 0 Å². The molecule has 0 heterocycles. The molecule has 1 N–H and O–H groups in total. The highest BCUT2D eigenvalue weighted by molar-refractivity contribution is 5.25. The molecule has 0 aromatic heterocycles. The zero-order chi connectivity index (χ0) is 10.6. The minimum atomic E-state index is -4.56. The summed E-state index contributed by atoms with van der Waals surface area (Å²) in [5.74, 6) is 2.74. The second-order valence-corrected chi connectivity index (χ2v) is 2.58. The molecule has 0 amide bonds. The Morgan fingerprint density at radius 1 is 1.14 bits per heavy atom. The van der Waals surface area contributed by atoms with Gasteiger partial charge in [-0.1, -0.05) is 36.3 Å². The molecule has 1 nitrogen and oxygen atoms in total. The summed E-state index contributed by atoms with van der Waals surface area (Å²) < 4.78 is 34.9. The summed E-state index contributed by atoms with van der Waals surface area (Å²) in [4.78, 5) is 0. The van der Waals surface area contributed by atoms with Crippen LogP contribution < -0.4 is 0 Å². The van der Waals surface area contributed by atoms with Gasteiger partial charge in [-0.3, -0.25) is 0 Å². The summed E-state index contributed by atoms with van der Waals surface area (Å²) in [7, 11) is 0. The summed E-state index contributed by atoms with van der Waals surface area (Å²) in [6.07, 6.45) is -5.95. The van der Waals surface area contributed by atoms with E-state index in [1.54, 1.807) is 24.1 Å². The van der Waals surface area contributed by atoms with Crippen molar-refractivity contribution in [1.82, 2.24) is 0 Å². The Kier molecular flexibility index (Phi) is 3.15. The van der Waals surface area contributed by atoms with Gasteiger partial charge in [-0.15, -0.1) is 0 Å². The highest BCUT2D eigenvalue weighted by Gasteiger charge is 2.23. The molecule has 4 heteroatoms. The lowest BCUT2D eigenvalue weighted by atomic mass is 10.1. The zero-order valence-corrected chi connectivity index (χ0v) is 7.05. The summed E-state index contributed by atoms with van der Waals surface area (Å²) in [6.45, 7) is 0. The number of alkyl halides is 3. The lowest BCUT2D eigenvalue weighted by Gasteiger charge is -2.02. The van der Waals surface area contributed by atoms with E-state index in [0.717, 1.165) is 5.92 Å². The van der Waals surface area contributed by atoms with Crippen molar-refractivity contribution in [3.63, 3.8) is 0 Å². The van der Waals surface area contributed by atoms with E-state index >= 15 is 0 Å². The smallest absolute Gasteiger partial charge is 0.376 e. The average Bonchev–Trinajstić information content (AvgIpc) is 2.14. The van der Waals surface area contributed by atoms with Gasteiger partial charge in [0, 0.05) is 5.92 Å². The molecule has 14 heavy (non-hydrogen) atoms. The Morgan fingerprint density at radius 2 is 1.71 bits per heavy atom. The van der Waals surface area contributed by atoms with Crippen LogP contribution in [0.5, 0.6) is 0 Å². The summed E-state index contributed by atoms with van der Waals surface area (Å²) >= 11 is 0. The van der Waals surface area contributed by atoms with Crippen LogP contribution >= 0.6 is 0 Å². The van der Waals surface area contributed by atoms with Crippen LogP contribution in [0.3, 0.4) is 0 Å². The molecule has 0 spiro atoms. The van der Waals surface area contributed by atoms with Crippen LogP contribution in [0.1, 0.15) is 11.7 Å². The Labute approximate surface area is 79.2 Å². The first-order chi connectivity index (χ1) is 6.49. The van der Waals surface area contributed by atoms with Crippen LogP contribution in [0.2, 0.25) is 0 Å². The van der Waals surface area contributed by atoms with Gasteiger partial charge in [-0.2, -0.15) is 13.2 Å². The Morgan fingerprint density at radius 3 is 2.21 bits per heavy atom. The van der Waals surface area contributed by atoms with Gasteiger partial charge in [0.05, 0.1) is 0 Å². The third kappa shape index (κ3) is 3.50. The van der Waals surface area contributed by atoms with Crippen LogP contribution in [-0.4, -0.2) is 11.3 Å². The first-order valence-electron chi connectivity index (χ1n) is 3.81. The van der Waals surface area contributed by atoms with Gasteiger partial charge in [0.2, 0.25) is 0 Å². The minimum absolute atomic E-state index is 0.351. The molecule has 1 atom stereocenters. The first kappa shape index (κ1) is 10.6. The summed E-state index contributed by atoms with van der Waals surface area (Å²) in [5.41, 5.74) is 0.351. The van der Waals surface area contributed by atoms with E-state index in [4.69, 9.17) is 0 Å². The fourth-order valence-electron chi connectivity index (χ4n) is 0.869. The van der Waals surface area contributed by atoms with Crippen molar-refractivity contribution >= 4 is 0 Å². The predicted octanol–water partition coefficient (Wildman–Crippen LogP) is 2.29.